The zero-order valence-corrected chi connectivity index (χ0v) is 13.9. The summed E-state index contributed by atoms with van der Waals surface area (Å²) < 4.78 is 2.10. The minimum Gasteiger partial charge on any atom is -0.392 e. The van der Waals surface area contributed by atoms with Gasteiger partial charge in [-0.05, 0) is 26.0 Å². The number of para-hydroxylation sites is 1. The lowest BCUT2D eigenvalue weighted by Crippen LogP contribution is -2.50. The molecule has 1 aromatic heterocycles. The van der Waals surface area contributed by atoms with E-state index < -0.39 is 0 Å². The zero-order chi connectivity index (χ0) is 16.4. The van der Waals surface area contributed by atoms with Crippen molar-refractivity contribution in [3.8, 4) is 0 Å². The molecule has 0 unspecified atom stereocenters. The first-order chi connectivity index (χ1) is 11.1. The van der Waals surface area contributed by atoms with Crippen LogP contribution >= 0.6 is 0 Å². The minimum atomic E-state index is -0.320. The molecule has 0 aliphatic carbocycles. The number of hydrogen-bond acceptors (Lipinski definition) is 3. The van der Waals surface area contributed by atoms with Crippen LogP contribution in [0, 0.1) is 0 Å². The van der Waals surface area contributed by atoms with Gasteiger partial charge in [-0.3, -0.25) is 9.69 Å². The maximum atomic E-state index is 12.9. The molecule has 1 aliphatic rings. The Balaban J connectivity index is 1.76. The summed E-state index contributed by atoms with van der Waals surface area (Å²) in [6.07, 6.45) is -0.320. The van der Waals surface area contributed by atoms with Gasteiger partial charge in [-0.25, -0.2) is 0 Å². The average molecular weight is 315 g/mol. The second-order valence-electron chi connectivity index (χ2n) is 6.27. The summed E-state index contributed by atoms with van der Waals surface area (Å²) in [5.41, 5.74) is 1.89. The number of benzene rings is 1. The van der Waals surface area contributed by atoms with Crippen LogP contribution in [0.2, 0.25) is 0 Å². The van der Waals surface area contributed by atoms with Crippen molar-refractivity contribution in [3.63, 3.8) is 0 Å². The van der Waals surface area contributed by atoms with Gasteiger partial charge in [-0.15, -0.1) is 0 Å². The van der Waals surface area contributed by atoms with Crippen LogP contribution in [-0.2, 0) is 6.54 Å². The van der Waals surface area contributed by atoms with Crippen molar-refractivity contribution in [2.45, 2.75) is 26.5 Å². The summed E-state index contributed by atoms with van der Waals surface area (Å²) >= 11 is 0. The van der Waals surface area contributed by atoms with Crippen LogP contribution in [0.3, 0.4) is 0 Å². The van der Waals surface area contributed by atoms with Crippen LogP contribution in [0.1, 0.15) is 24.3 Å². The molecule has 1 fully saturated rings. The van der Waals surface area contributed by atoms with E-state index in [1.165, 1.54) is 0 Å². The zero-order valence-electron chi connectivity index (χ0n) is 13.9. The van der Waals surface area contributed by atoms with Crippen molar-refractivity contribution >= 4 is 16.8 Å². The van der Waals surface area contributed by atoms with E-state index in [4.69, 9.17) is 0 Å². The van der Waals surface area contributed by atoms with Gasteiger partial charge in [-0.2, -0.15) is 0 Å². The van der Waals surface area contributed by atoms with Gasteiger partial charge in [0.2, 0.25) is 0 Å². The Bertz CT molecular complexity index is 685. The fraction of sp³-hybridized carbons (Fsp3) is 0.500. The fourth-order valence-electron chi connectivity index (χ4n) is 3.40. The number of nitrogens with zero attached hydrogens (tertiary/aromatic N) is 3. The van der Waals surface area contributed by atoms with E-state index in [9.17, 15) is 9.90 Å². The molecule has 1 saturated heterocycles. The summed E-state index contributed by atoms with van der Waals surface area (Å²) in [6.45, 7) is 8.43. The summed E-state index contributed by atoms with van der Waals surface area (Å²) in [6, 6.07) is 10.1. The Labute approximate surface area is 137 Å². The summed E-state index contributed by atoms with van der Waals surface area (Å²) in [7, 11) is 0. The van der Waals surface area contributed by atoms with Crippen molar-refractivity contribution in [3.05, 3.63) is 36.0 Å². The molecule has 0 saturated carbocycles. The van der Waals surface area contributed by atoms with Gasteiger partial charge in [0.25, 0.3) is 5.91 Å². The van der Waals surface area contributed by atoms with Crippen LogP contribution in [0.4, 0.5) is 0 Å². The van der Waals surface area contributed by atoms with Crippen molar-refractivity contribution in [2.24, 2.45) is 0 Å². The number of hydrogen-bond donors (Lipinski definition) is 1. The highest BCUT2D eigenvalue weighted by atomic mass is 16.3. The molecule has 124 valence electrons. The van der Waals surface area contributed by atoms with E-state index in [0.29, 0.717) is 6.54 Å². The molecule has 1 N–H and O–H groups in total. The second kappa shape index (κ2) is 6.72. The number of fused-ring (bicyclic) bond motifs is 1. The molecular formula is C18H25N3O2. The number of piperazine rings is 1. The largest absolute Gasteiger partial charge is 0.392 e. The lowest BCUT2D eigenvalue weighted by molar-refractivity contribution is 0.0546. The summed E-state index contributed by atoms with van der Waals surface area (Å²) in [5.74, 6) is 0.111. The van der Waals surface area contributed by atoms with E-state index >= 15 is 0 Å². The molecule has 3 rings (SSSR count). The van der Waals surface area contributed by atoms with Gasteiger partial charge >= 0.3 is 0 Å². The van der Waals surface area contributed by atoms with Crippen molar-refractivity contribution in [1.82, 2.24) is 14.4 Å². The number of aliphatic hydroxyl groups excluding tert-OH is 1. The molecule has 0 bridgehead atoms. The number of amides is 1. The quantitative estimate of drug-likeness (QED) is 0.936. The van der Waals surface area contributed by atoms with Crippen LogP contribution in [0.15, 0.2) is 30.3 Å². The number of rotatable bonds is 4. The molecule has 23 heavy (non-hydrogen) atoms. The highest BCUT2D eigenvalue weighted by Crippen LogP contribution is 2.21. The number of aryl methyl sites for hydroxylation is 1. The Hall–Kier alpha value is -1.85. The smallest absolute Gasteiger partial charge is 0.270 e. The maximum Gasteiger partial charge on any atom is 0.270 e. The van der Waals surface area contributed by atoms with Crippen LogP contribution in [0.5, 0.6) is 0 Å². The van der Waals surface area contributed by atoms with Gasteiger partial charge in [0, 0.05) is 50.2 Å². The number of aromatic nitrogens is 1. The number of aliphatic hydroxyl groups is 1. The lowest BCUT2D eigenvalue weighted by Gasteiger charge is -2.35. The van der Waals surface area contributed by atoms with Gasteiger partial charge in [-0.1, -0.05) is 18.2 Å². The molecule has 1 aromatic carbocycles. The molecule has 1 amide bonds. The van der Waals surface area contributed by atoms with Crippen LogP contribution < -0.4 is 0 Å². The van der Waals surface area contributed by atoms with Crippen LogP contribution in [-0.4, -0.2) is 64.2 Å². The van der Waals surface area contributed by atoms with E-state index in [0.717, 1.165) is 49.3 Å². The van der Waals surface area contributed by atoms with E-state index in [2.05, 4.69) is 28.5 Å². The van der Waals surface area contributed by atoms with Crippen LogP contribution in [0.25, 0.3) is 10.9 Å². The monoisotopic (exact) mass is 315 g/mol. The molecular weight excluding hydrogens is 290 g/mol. The Kier molecular flexibility index (Phi) is 4.68. The number of carbonyl (C=O) groups is 1. The first-order valence-corrected chi connectivity index (χ1v) is 8.38. The minimum absolute atomic E-state index is 0.111. The SMILES string of the molecule is CCn1c(C(=O)N2CCN(C[C@@H](C)O)CC2)cc2ccccc21. The summed E-state index contributed by atoms with van der Waals surface area (Å²) in [4.78, 5) is 17.1. The maximum absolute atomic E-state index is 12.9. The van der Waals surface area contributed by atoms with Crippen molar-refractivity contribution < 1.29 is 9.90 Å². The van der Waals surface area contributed by atoms with E-state index in [-0.39, 0.29) is 12.0 Å². The molecule has 0 radical (unpaired) electrons. The van der Waals surface area contributed by atoms with Gasteiger partial charge in [0.1, 0.15) is 5.69 Å². The van der Waals surface area contributed by atoms with E-state index in [1.807, 2.05) is 23.1 Å². The number of carbonyl (C=O) groups excluding carboxylic acids is 1. The third-order valence-corrected chi connectivity index (χ3v) is 4.53. The second-order valence-corrected chi connectivity index (χ2v) is 6.27. The predicted octanol–water partition coefficient (Wildman–Crippen LogP) is 1.80. The molecule has 5 nitrogen and oxygen atoms in total. The van der Waals surface area contributed by atoms with Crippen molar-refractivity contribution in [2.75, 3.05) is 32.7 Å². The van der Waals surface area contributed by atoms with E-state index in [1.54, 1.807) is 6.92 Å². The fourth-order valence-corrected chi connectivity index (χ4v) is 3.40. The van der Waals surface area contributed by atoms with Gasteiger partial charge in [0.05, 0.1) is 6.10 Å². The molecule has 0 spiro atoms. The topological polar surface area (TPSA) is 48.7 Å². The van der Waals surface area contributed by atoms with Gasteiger partial charge < -0.3 is 14.6 Å². The molecule has 1 atom stereocenters. The third kappa shape index (κ3) is 3.26. The lowest BCUT2D eigenvalue weighted by atomic mass is 10.2. The Morgan fingerprint density at radius 3 is 2.57 bits per heavy atom. The molecule has 1 aliphatic heterocycles. The Morgan fingerprint density at radius 1 is 1.22 bits per heavy atom. The average Bonchev–Trinajstić information content (AvgIpc) is 2.93. The predicted molar refractivity (Wildman–Crippen MR) is 91.6 cm³/mol. The highest BCUT2D eigenvalue weighted by molar-refractivity contribution is 5.98. The number of β-amino-alcohol motifs (C(OH)–C–C–N with tert-alkyl or cyclic N) is 1. The Morgan fingerprint density at radius 2 is 1.91 bits per heavy atom. The molecule has 5 heteroatoms. The third-order valence-electron chi connectivity index (χ3n) is 4.53. The first-order valence-electron chi connectivity index (χ1n) is 8.38. The van der Waals surface area contributed by atoms with Crippen molar-refractivity contribution in [1.29, 1.82) is 0 Å². The highest BCUT2D eigenvalue weighted by Gasteiger charge is 2.25. The summed E-state index contributed by atoms with van der Waals surface area (Å²) in [5, 5.41) is 10.6. The standard InChI is InChI=1S/C18H25N3O2/c1-3-21-16-7-5-4-6-15(16)12-17(21)18(23)20-10-8-19(9-11-20)13-14(2)22/h4-7,12,14,22H,3,8-11,13H2,1-2H3/t14-/m1/s1. The molecule has 2 heterocycles. The normalized spacial score (nSPS) is 17.6. The molecule has 2 aromatic rings. The van der Waals surface area contributed by atoms with Gasteiger partial charge in [0.15, 0.2) is 0 Å². The first kappa shape index (κ1) is 16.0.